The number of methoxy groups -OCH3 is 2. The summed E-state index contributed by atoms with van der Waals surface area (Å²) in [4.78, 5) is 15.1. The van der Waals surface area contributed by atoms with Crippen LogP contribution in [0.1, 0.15) is 37.0 Å². The number of carbonyl (C=O) groups excluding carboxylic acids is 1. The van der Waals surface area contributed by atoms with E-state index in [-0.39, 0.29) is 18.2 Å². The summed E-state index contributed by atoms with van der Waals surface area (Å²) in [6.07, 6.45) is 11.8. The lowest BCUT2D eigenvalue weighted by Crippen LogP contribution is -2.30. The number of nitrogens with zero attached hydrogens (tertiary/aromatic N) is 2. The molecule has 0 radical (unpaired) electrons. The van der Waals surface area contributed by atoms with Crippen LogP contribution < -0.4 is 4.90 Å². The Labute approximate surface area is 232 Å². The van der Waals surface area contributed by atoms with Crippen molar-refractivity contribution < 1.29 is 31.8 Å². The van der Waals surface area contributed by atoms with Crippen molar-refractivity contribution in [3.8, 4) is 0 Å². The molecule has 8 nitrogen and oxygen atoms in total. The monoisotopic (exact) mass is 577 g/mol. The van der Waals surface area contributed by atoms with Gasteiger partial charge in [-0.1, -0.05) is 24.8 Å². The zero-order chi connectivity index (χ0) is 27.4. The van der Waals surface area contributed by atoms with Crippen LogP contribution in [0.25, 0.3) is 0 Å². The van der Waals surface area contributed by atoms with Gasteiger partial charge < -0.3 is 14.4 Å². The Morgan fingerprint density at radius 3 is 2.71 bits per heavy atom. The number of hydrogen-bond acceptors (Lipinski definition) is 8. The van der Waals surface area contributed by atoms with Gasteiger partial charge in [-0.25, -0.2) is 9.37 Å². The second-order valence-electron chi connectivity index (χ2n) is 8.95. The zero-order valence-electron chi connectivity index (χ0n) is 21.9. The highest BCUT2D eigenvalue weighted by Gasteiger charge is 2.40. The van der Waals surface area contributed by atoms with E-state index in [0.717, 1.165) is 39.9 Å². The summed E-state index contributed by atoms with van der Waals surface area (Å²) < 4.78 is 44.7. The van der Waals surface area contributed by atoms with Crippen LogP contribution in [0, 0.1) is 0 Å². The van der Waals surface area contributed by atoms with E-state index in [2.05, 4.69) is 42.7 Å². The van der Waals surface area contributed by atoms with Gasteiger partial charge in [0.2, 0.25) is 5.04 Å². The SMILES string of the molecule is CCC(=CC1=[N+](CC)C2C=C(OC)C=CC2S1)C=C1Sc2ccc(C(=O)OC)cc2N1CCCS(=O)(=O)O. The van der Waals surface area contributed by atoms with E-state index < -0.39 is 16.1 Å². The van der Waals surface area contributed by atoms with Gasteiger partial charge in [-0.05, 0) is 67.5 Å². The lowest BCUT2D eigenvalue weighted by atomic mass is 10.1. The van der Waals surface area contributed by atoms with E-state index in [9.17, 15) is 17.8 Å². The van der Waals surface area contributed by atoms with Crippen molar-refractivity contribution in [1.82, 2.24) is 0 Å². The van der Waals surface area contributed by atoms with Crippen LogP contribution in [-0.2, 0) is 19.6 Å². The Balaban J connectivity index is 1.68. The predicted octanol–water partition coefficient (Wildman–Crippen LogP) is 4.86. The molecule has 0 spiro atoms. The molecule has 2 aliphatic heterocycles. The number of rotatable bonds is 10. The van der Waals surface area contributed by atoms with Gasteiger partial charge in [-0.15, -0.1) is 0 Å². The highest BCUT2D eigenvalue weighted by atomic mass is 32.2. The number of ether oxygens (including phenoxy) is 2. The molecular formula is C27H33N2O6S3+. The first-order chi connectivity index (χ1) is 18.2. The lowest BCUT2D eigenvalue weighted by Gasteiger charge is -2.21. The molecule has 2 atom stereocenters. The smallest absolute Gasteiger partial charge is 0.337 e. The van der Waals surface area contributed by atoms with Gasteiger partial charge in [0.05, 0.1) is 41.5 Å². The third kappa shape index (κ3) is 6.39. The summed E-state index contributed by atoms with van der Waals surface area (Å²) in [6, 6.07) is 5.62. The summed E-state index contributed by atoms with van der Waals surface area (Å²) in [5.74, 6) is 0.107. The summed E-state index contributed by atoms with van der Waals surface area (Å²) in [5.41, 5.74) is 2.38. The highest BCUT2D eigenvalue weighted by molar-refractivity contribution is 8.15. The summed E-state index contributed by atoms with van der Waals surface area (Å²) in [6.45, 7) is 5.51. The molecule has 1 aliphatic carbocycles. The third-order valence-corrected chi connectivity index (χ3v) is 9.78. The Kier molecular flexibility index (Phi) is 9.12. The number of thioether (sulfide) groups is 2. The third-order valence-electron chi connectivity index (χ3n) is 6.56. The van der Waals surface area contributed by atoms with Gasteiger partial charge in [0.25, 0.3) is 10.1 Å². The Morgan fingerprint density at radius 2 is 2.05 bits per heavy atom. The molecule has 2 unspecified atom stereocenters. The van der Waals surface area contributed by atoms with Crippen LogP contribution >= 0.6 is 23.5 Å². The Hall–Kier alpha value is -2.47. The van der Waals surface area contributed by atoms with E-state index in [1.165, 1.54) is 12.2 Å². The van der Waals surface area contributed by atoms with Crippen molar-refractivity contribution in [3.63, 3.8) is 0 Å². The quantitative estimate of drug-likeness (QED) is 0.238. The molecule has 0 amide bonds. The van der Waals surface area contributed by atoms with Crippen LogP contribution in [-0.4, -0.2) is 72.9 Å². The molecule has 1 aromatic rings. The van der Waals surface area contributed by atoms with E-state index in [1.807, 2.05) is 28.8 Å². The fourth-order valence-electron chi connectivity index (χ4n) is 4.62. The van der Waals surface area contributed by atoms with Gasteiger partial charge in [0.1, 0.15) is 12.3 Å². The molecule has 4 rings (SSSR count). The first kappa shape index (κ1) is 28.5. The zero-order valence-corrected chi connectivity index (χ0v) is 24.4. The second-order valence-corrected chi connectivity index (χ2v) is 12.8. The number of esters is 1. The van der Waals surface area contributed by atoms with Crippen LogP contribution in [0.4, 0.5) is 5.69 Å². The second kappa shape index (κ2) is 12.1. The molecule has 0 saturated heterocycles. The molecule has 1 N–H and O–H groups in total. The Morgan fingerprint density at radius 1 is 1.26 bits per heavy atom. The minimum Gasteiger partial charge on any atom is -0.497 e. The van der Waals surface area contributed by atoms with Gasteiger partial charge >= 0.3 is 5.97 Å². The highest BCUT2D eigenvalue weighted by Crippen LogP contribution is 2.47. The van der Waals surface area contributed by atoms with Crippen molar-refractivity contribution in [2.45, 2.75) is 42.9 Å². The van der Waals surface area contributed by atoms with Crippen molar-refractivity contribution in [2.24, 2.45) is 0 Å². The van der Waals surface area contributed by atoms with Gasteiger partial charge in [0.15, 0.2) is 6.04 Å². The molecule has 38 heavy (non-hydrogen) atoms. The van der Waals surface area contributed by atoms with Crippen LogP contribution in [0.15, 0.2) is 69.8 Å². The molecule has 204 valence electrons. The number of benzene rings is 1. The molecule has 1 aromatic carbocycles. The molecular weight excluding hydrogens is 545 g/mol. The maximum absolute atomic E-state index is 12.2. The molecule has 0 saturated carbocycles. The molecule has 3 aliphatic rings. The normalized spacial score (nSPS) is 22.0. The maximum Gasteiger partial charge on any atom is 0.337 e. The largest absolute Gasteiger partial charge is 0.497 e. The fraction of sp³-hybridized carbons (Fsp3) is 0.407. The maximum atomic E-state index is 12.2. The van der Waals surface area contributed by atoms with Crippen molar-refractivity contribution in [2.75, 3.05) is 38.0 Å². The van der Waals surface area contributed by atoms with Gasteiger partial charge in [-0.2, -0.15) is 8.42 Å². The molecule has 0 aromatic heterocycles. The Bertz CT molecular complexity index is 1360. The number of likely N-dealkylation sites (N-methyl/N-ethyl adjacent to an activating group) is 1. The first-order valence-electron chi connectivity index (χ1n) is 12.5. The van der Waals surface area contributed by atoms with E-state index >= 15 is 0 Å². The number of carbonyl (C=O) groups is 1. The van der Waals surface area contributed by atoms with Gasteiger partial charge in [0, 0.05) is 23.6 Å². The predicted molar refractivity (Wildman–Crippen MR) is 154 cm³/mol. The van der Waals surface area contributed by atoms with Crippen molar-refractivity contribution in [1.29, 1.82) is 0 Å². The summed E-state index contributed by atoms with van der Waals surface area (Å²) in [7, 11) is -1.04. The summed E-state index contributed by atoms with van der Waals surface area (Å²) in [5, 5.41) is 2.46. The van der Waals surface area contributed by atoms with Crippen LogP contribution in [0.3, 0.4) is 0 Å². The van der Waals surface area contributed by atoms with Crippen molar-refractivity contribution >= 4 is 50.3 Å². The number of hydrogen-bond donors (Lipinski definition) is 1. The standard InChI is InChI=1S/C27H32N2O6S3/c1-5-18(14-25-28(6-2)22-17-20(34-3)9-11-24(22)36-25)15-26-29(12-7-13-38(31,32)33)21-16-19(27(30)35-4)8-10-23(21)37-26/h8-11,14-17,22,24H,5-7,12-13H2,1-4H3/p+1. The average Bonchev–Trinajstić information content (AvgIpc) is 3.42. The molecule has 2 heterocycles. The lowest BCUT2D eigenvalue weighted by molar-refractivity contribution is -0.543. The van der Waals surface area contributed by atoms with Crippen molar-refractivity contribution in [3.05, 3.63) is 70.5 Å². The molecule has 11 heteroatoms. The average molecular weight is 578 g/mol. The molecule has 0 bridgehead atoms. The molecule has 0 fully saturated rings. The minimum absolute atomic E-state index is 0.237. The van der Waals surface area contributed by atoms with Gasteiger partial charge in [-0.3, -0.25) is 4.55 Å². The number of allylic oxidation sites excluding steroid dienone is 3. The first-order valence-corrected chi connectivity index (χ1v) is 15.8. The van der Waals surface area contributed by atoms with Crippen LogP contribution in [0.5, 0.6) is 0 Å². The number of fused-ring (bicyclic) bond motifs is 2. The van der Waals surface area contributed by atoms with Crippen LogP contribution in [0.2, 0.25) is 0 Å². The fourth-order valence-corrected chi connectivity index (χ4v) is 7.67. The number of anilines is 1. The summed E-state index contributed by atoms with van der Waals surface area (Å²) >= 11 is 3.41. The van der Waals surface area contributed by atoms with E-state index in [4.69, 9.17) is 9.47 Å². The minimum atomic E-state index is -4.07. The van der Waals surface area contributed by atoms with E-state index in [1.54, 1.807) is 31.0 Å². The topological polar surface area (TPSA) is 96.2 Å². The van der Waals surface area contributed by atoms with E-state index in [0.29, 0.717) is 17.4 Å².